The topological polar surface area (TPSA) is 120 Å². The molecule has 1 saturated heterocycles. The van der Waals surface area contributed by atoms with Crippen molar-refractivity contribution in [3.8, 4) is 22.4 Å². The van der Waals surface area contributed by atoms with Crippen molar-refractivity contribution < 1.29 is 4.74 Å². The number of nitrogens with zero attached hydrogens (tertiary/aromatic N) is 4. The van der Waals surface area contributed by atoms with E-state index in [4.69, 9.17) is 10.5 Å². The minimum Gasteiger partial charge on any atom is -0.376 e. The van der Waals surface area contributed by atoms with E-state index in [-0.39, 0.29) is 23.3 Å². The Balaban J connectivity index is 1.79. The van der Waals surface area contributed by atoms with Crippen LogP contribution in [0, 0.1) is 0 Å². The summed E-state index contributed by atoms with van der Waals surface area (Å²) in [6, 6.07) is 12.6. The van der Waals surface area contributed by atoms with Crippen LogP contribution in [0.3, 0.4) is 0 Å². The van der Waals surface area contributed by atoms with E-state index in [9.17, 15) is 9.59 Å². The second-order valence-corrected chi connectivity index (χ2v) is 7.26. The van der Waals surface area contributed by atoms with E-state index in [1.807, 2.05) is 30.3 Å². The number of hydrogen-bond acceptors (Lipinski definition) is 6. The quantitative estimate of drug-likeness (QED) is 0.534. The molecular formula is C21H20N6O3. The van der Waals surface area contributed by atoms with Gasteiger partial charge in [0.05, 0.1) is 23.9 Å². The Hall–Kier alpha value is -3.72. The highest BCUT2D eigenvalue weighted by molar-refractivity contribution is 5.90. The van der Waals surface area contributed by atoms with Crippen LogP contribution in [0.5, 0.6) is 0 Å². The second-order valence-electron chi connectivity index (χ2n) is 7.26. The molecule has 0 amide bonds. The van der Waals surface area contributed by atoms with Crippen LogP contribution >= 0.6 is 0 Å². The summed E-state index contributed by atoms with van der Waals surface area (Å²) in [7, 11) is 0. The molecule has 0 aliphatic carbocycles. The zero-order chi connectivity index (χ0) is 20.7. The molecule has 0 spiro atoms. The first-order valence-electron chi connectivity index (χ1n) is 9.77. The highest BCUT2D eigenvalue weighted by atomic mass is 16.5. The monoisotopic (exact) mass is 404 g/mol. The van der Waals surface area contributed by atoms with Gasteiger partial charge in [0.25, 0.3) is 0 Å². The molecule has 4 aromatic rings. The molecule has 30 heavy (non-hydrogen) atoms. The predicted molar refractivity (Wildman–Crippen MR) is 112 cm³/mol. The number of aromatic nitrogens is 5. The molecule has 9 nitrogen and oxygen atoms in total. The minimum absolute atomic E-state index is 0.0491. The van der Waals surface area contributed by atoms with Crippen molar-refractivity contribution in [3.05, 3.63) is 69.5 Å². The minimum atomic E-state index is -0.365. The maximum atomic E-state index is 13.1. The van der Waals surface area contributed by atoms with Gasteiger partial charge in [0.15, 0.2) is 5.65 Å². The number of H-pyrrole nitrogens is 1. The third-order valence-corrected chi connectivity index (χ3v) is 5.28. The molecule has 1 aliphatic heterocycles. The van der Waals surface area contributed by atoms with Crippen LogP contribution in [0.1, 0.15) is 12.8 Å². The molecule has 0 bridgehead atoms. The molecule has 152 valence electrons. The van der Waals surface area contributed by atoms with Gasteiger partial charge in [-0.2, -0.15) is 0 Å². The van der Waals surface area contributed by atoms with E-state index >= 15 is 0 Å². The van der Waals surface area contributed by atoms with Crippen molar-refractivity contribution in [2.75, 3.05) is 12.3 Å². The van der Waals surface area contributed by atoms with Crippen molar-refractivity contribution in [2.24, 2.45) is 0 Å². The van der Waals surface area contributed by atoms with E-state index in [1.54, 1.807) is 12.3 Å². The summed E-state index contributed by atoms with van der Waals surface area (Å²) in [6.45, 7) is 1.04. The maximum Gasteiger partial charge on any atom is 0.353 e. The molecule has 3 N–H and O–H groups in total. The fraction of sp³-hybridized carbons (Fsp3) is 0.238. The molecule has 1 aliphatic rings. The van der Waals surface area contributed by atoms with E-state index < -0.39 is 0 Å². The van der Waals surface area contributed by atoms with E-state index in [0.29, 0.717) is 35.6 Å². The molecule has 5 rings (SSSR count). The number of anilines is 1. The SMILES string of the molecule is Nc1nc(-c2ccccc2)c(-c2ccc(=O)[nH]c2)c2nn(C[C@H]3CCCO3)c(=O)n12. The average Bonchev–Trinajstić information content (AvgIpc) is 3.38. The number of aromatic amines is 1. The number of rotatable bonds is 4. The average molecular weight is 404 g/mol. The molecule has 9 heteroatoms. The van der Waals surface area contributed by atoms with E-state index in [0.717, 1.165) is 18.4 Å². The Morgan fingerprint density at radius 2 is 1.97 bits per heavy atom. The molecule has 1 atom stereocenters. The second kappa shape index (κ2) is 7.27. The number of nitrogens with one attached hydrogen (secondary N) is 1. The summed E-state index contributed by atoms with van der Waals surface area (Å²) in [5, 5.41) is 4.60. The summed E-state index contributed by atoms with van der Waals surface area (Å²) >= 11 is 0. The Kier molecular flexibility index (Phi) is 4.44. The first kappa shape index (κ1) is 18.3. The van der Waals surface area contributed by atoms with Gasteiger partial charge in [-0.15, -0.1) is 5.10 Å². The normalized spacial score (nSPS) is 16.3. The molecule has 3 aromatic heterocycles. The van der Waals surface area contributed by atoms with E-state index in [1.165, 1.54) is 15.1 Å². The maximum absolute atomic E-state index is 13.1. The largest absolute Gasteiger partial charge is 0.376 e. The van der Waals surface area contributed by atoms with Gasteiger partial charge < -0.3 is 15.5 Å². The summed E-state index contributed by atoms with van der Waals surface area (Å²) in [5.74, 6) is 0.0561. The Morgan fingerprint density at radius 3 is 2.67 bits per heavy atom. The van der Waals surface area contributed by atoms with Crippen LogP contribution in [0.4, 0.5) is 5.95 Å². The first-order valence-corrected chi connectivity index (χ1v) is 9.77. The van der Waals surface area contributed by atoms with Crippen LogP contribution in [-0.4, -0.2) is 36.9 Å². The van der Waals surface area contributed by atoms with Gasteiger partial charge in [0, 0.05) is 30.0 Å². The van der Waals surface area contributed by atoms with E-state index in [2.05, 4.69) is 15.1 Å². The third kappa shape index (κ3) is 3.09. The lowest BCUT2D eigenvalue weighted by Crippen LogP contribution is -2.28. The number of hydrogen-bond donors (Lipinski definition) is 2. The van der Waals surface area contributed by atoms with Gasteiger partial charge >= 0.3 is 5.69 Å². The zero-order valence-corrected chi connectivity index (χ0v) is 16.1. The van der Waals surface area contributed by atoms with Gasteiger partial charge in [0.1, 0.15) is 0 Å². The highest BCUT2D eigenvalue weighted by Gasteiger charge is 2.24. The summed E-state index contributed by atoms with van der Waals surface area (Å²) in [6.07, 6.45) is 3.39. The smallest absolute Gasteiger partial charge is 0.353 e. The van der Waals surface area contributed by atoms with Crippen LogP contribution in [0.25, 0.3) is 28.0 Å². The van der Waals surface area contributed by atoms with Crippen LogP contribution in [0.15, 0.2) is 58.3 Å². The number of pyridine rings is 1. The number of nitrogen functional groups attached to an aromatic ring is 1. The summed E-state index contributed by atoms with van der Waals surface area (Å²) in [4.78, 5) is 31.9. The van der Waals surface area contributed by atoms with Crippen LogP contribution in [0.2, 0.25) is 0 Å². The lowest BCUT2D eigenvalue weighted by Gasteiger charge is -2.11. The van der Waals surface area contributed by atoms with Crippen molar-refractivity contribution in [2.45, 2.75) is 25.5 Å². The van der Waals surface area contributed by atoms with Gasteiger partial charge in [-0.05, 0) is 18.9 Å². The first-order chi connectivity index (χ1) is 14.6. The number of ether oxygens (including phenoxy) is 1. The van der Waals surface area contributed by atoms with Crippen molar-refractivity contribution in [1.29, 1.82) is 0 Å². The molecule has 1 aromatic carbocycles. The number of nitrogens with two attached hydrogens (primary N) is 1. The fourth-order valence-corrected chi connectivity index (χ4v) is 3.84. The Bertz CT molecular complexity index is 1310. The van der Waals surface area contributed by atoms with Crippen LogP contribution < -0.4 is 17.0 Å². The van der Waals surface area contributed by atoms with Gasteiger partial charge in [-0.1, -0.05) is 30.3 Å². The van der Waals surface area contributed by atoms with Crippen LogP contribution in [-0.2, 0) is 11.3 Å². The number of fused-ring (bicyclic) bond motifs is 1. The van der Waals surface area contributed by atoms with Gasteiger partial charge in [-0.25, -0.2) is 18.9 Å². The predicted octanol–water partition coefficient (Wildman–Crippen LogP) is 1.67. The van der Waals surface area contributed by atoms with Gasteiger partial charge in [-0.3, -0.25) is 4.79 Å². The van der Waals surface area contributed by atoms with Crippen molar-refractivity contribution >= 4 is 11.6 Å². The molecular weight excluding hydrogens is 384 g/mol. The lowest BCUT2D eigenvalue weighted by atomic mass is 10.0. The third-order valence-electron chi connectivity index (χ3n) is 5.28. The molecule has 0 saturated carbocycles. The fourth-order valence-electron chi connectivity index (χ4n) is 3.84. The summed E-state index contributed by atoms with van der Waals surface area (Å²) in [5.41, 5.74) is 8.71. The lowest BCUT2D eigenvalue weighted by molar-refractivity contribution is 0.0931. The number of benzene rings is 1. The van der Waals surface area contributed by atoms with Crippen molar-refractivity contribution in [1.82, 2.24) is 24.1 Å². The zero-order valence-electron chi connectivity index (χ0n) is 16.1. The summed E-state index contributed by atoms with van der Waals surface area (Å²) < 4.78 is 8.35. The highest BCUT2D eigenvalue weighted by Crippen LogP contribution is 2.33. The standard InChI is InChI=1S/C21H20N6O3/c22-20-24-18(13-5-2-1-3-6-13)17(14-8-9-16(28)23-11-14)19-25-26(21(29)27(19)20)12-15-7-4-10-30-15/h1-3,5-6,8-9,11,15H,4,7,10,12H2,(H2,22,24)(H,23,28)/t15-/m1/s1. The van der Waals surface area contributed by atoms with Gasteiger partial charge in [0.2, 0.25) is 11.5 Å². The molecule has 0 unspecified atom stereocenters. The molecule has 0 radical (unpaired) electrons. The van der Waals surface area contributed by atoms with Crippen molar-refractivity contribution in [3.63, 3.8) is 0 Å². The Morgan fingerprint density at radius 1 is 1.13 bits per heavy atom. The molecule has 1 fully saturated rings. The Labute approximate surface area is 170 Å². The molecule has 4 heterocycles.